The molecule has 3 heterocycles. The fraction of sp³-hybridized carbons (Fsp3) is 0.500. The average molecular weight is 298 g/mol. The van der Waals surface area contributed by atoms with Gasteiger partial charge in [-0.25, -0.2) is 4.98 Å². The van der Waals surface area contributed by atoms with Crippen LogP contribution >= 0.6 is 15.9 Å². The number of rotatable bonds is 2. The largest absolute Gasteiger partial charge is 0.370 e. The van der Waals surface area contributed by atoms with Gasteiger partial charge >= 0.3 is 0 Å². The van der Waals surface area contributed by atoms with Gasteiger partial charge in [-0.15, -0.1) is 0 Å². The van der Waals surface area contributed by atoms with Crippen LogP contribution < -0.4 is 0 Å². The molecule has 1 atom stereocenters. The minimum absolute atomic E-state index is 0.0629. The van der Waals surface area contributed by atoms with E-state index in [9.17, 15) is 0 Å². The van der Waals surface area contributed by atoms with Crippen molar-refractivity contribution < 1.29 is 4.74 Å². The van der Waals surface area contributed by atoms with E-state index in [1.165, 1.54) is 0 Å². The highest BCUT2D eigenvalue weighted by atomic mass is 79.9. The van der Waals surface area contributed by atoms with Crippen molar-refractivity contribution in [2.24, 2.45) is 7.05 Å². The number of hydrogen-bond acceptors (Lipinski definition) is 4. The van der Waals surface area contributed by atoms with Crippen LogP contribution in [0.1, 0.15) is 24.8 Å². The summed E-state index contributed by atoms with van der Waals surface area (Å²) in [5.41, 5.74) is 0.873. The maximum atomic E-state index is 5.56. The van der Waals surface area contributed by atoms with Gasteiger partial charge in [0.1, 0.15) is 16.4 Å². The Morgan fingerprint density at radius 1 is 1.59 bits per heavy atom. The molecule has 17 heavy (non-hydrogen) atoms. The standard InChI is InChI=1S/C10H12BrN5O/c1-16-6(5-8(11)15-16)9-12-10(14-13-9)7-3-2-4-17-7/h5,7H,2-4H2,1H3,(H,12,13,14)/t7-/m0/s1. The Kier molecular flexibility index (Phi) is 2.71. The second-order valence-corrected chi connectivity index (χ2v) is 4.83. The van der Waals surface area contributed by atoms with Crippen molar-refractivity contribution in [1.82, 2.24) is 25.0 Å². The van der Waals surface area contributed by atoms with Gasteiger partial charge in [-0.2, -0.15) is 10.2 Å². The summed E-state index contributed by atoms with van der Waals surface area (Å²) in [6.07, 6.45) is 2.15. The number of H-pyrrole nitrogens is 1. The summed E-state index contributed by atoms with van der Waals surface area (Å²) >= 11 is 3.33. The van der Waals surface area contributed by atoms with Crippen LogP contribution in [0.15, 0.2) is 10.7 Å². The molecule has 1 N–H and O–H groups in total. The van der Waals surface area contributed by atoms with Crippen LogP contribution in [0.3, 0.4) is 0 Å². The summed E-state index contributed by atoms with van der Waals surface area (Å²) in [6.45, 7) is 0.804. The molecule has 2 aromatic heterocycles. The molecule has 1 fully saturated rings. The van der Waals surface area contributed by atoms with Crippen LogP contribution in [-0.2, 0) is 11.8 Å². The maximum Gasteiger partial charge on any atom is 0.199 e. The maximum absolute atomic E-state index is 5.56. The number of nitrogens with one attached hydrogen (secondary N) is 1. The SMILES string of the molecule is Cn1nc(Br)cc1-c1n[nH]c([C@@H]2CCCO2)n1. The van der Waals surface area contributed by atoms with E-state index in [0.29, 0.717) is 5.82 Å². The third kappa shape index (κ3) is 2.00. The van der Waals surface area contributed by atoms with Crippen LogP contribution in [0, 0.1) is 0 Å². The lowest BCUT2D eigenvalue weighted by Crippen LogP contribution is -1.98. The summed E-state index contributed by atoms with van der Waals surface area (Å²) in [6, 6.07) is 1.89. The van der Waals surface area contributed by atoms with Gasteiger partial charge in [-0.05, 0) is 28.8 Å². The van der Waals surface area contributed by atoms with Crippen LogP contribution in [0.25, 0.3) is 11.5 Å². The van der Waals surface area contributed by atoms with Crippen molar-refractivity contribution in [2.45, 2.75) is 18.9 Å². The molecule has 2 aromatic rings. The molecule has 6 nitrogen and oxygen atoms in total. The van der Waals surface area contributed by atoms with Crippen LogP contribution in [0.4, 0.5) is 0 Å². The van der Waals surface area contributed by atoms with Gasteiger partial charge in [-0.1, -0.05) is 0 Å². The number of halogens is 1. The zero-order valence-electron chi connectivity index (χ0n) is 9.35. The van der Waals surface area contributed by atoms with E-state index in [1.807, 2.05) is 13.1 Å². The number of ether oxygens (including phenoxy) is 1. The predicted octanol–water partition coefficient (Wildman–Crippen LogP) is 1.82. The molecular weight excluding hydrogens is 286 g/mol. The molecule has 1 aliphatic heterocycles. The Morgan fingerprint density at radius 3 is 3.12 bits per heavy atom. The van der Waals surface area contributed by atoms with Crippen molar-refractivity contribution in [2.75, 3.05) is 6.61 Å². The highest BCUT2D eigenvalue weighted by molar-refractivity contribution is 9.10. The smallest absolute Gasteiger partial charge is 0.199 e. The first-order valence-electron chi connectivity index (χ1n) is 5.48. The Morgan fingerprint density at radius 2 is 2.47 bits per heavy atom. The third-order valence-corrected chi connectivity index (χ3v) is 3.20. The first-order chi connectivity index (χ1) is 8.24. The molecule has 0 spiro atoms. The van der Waals surface area contributed by atoms with Gasteiger partial charge < -0.3 is 4.74 Å². The van der Waals surface area contributed by atoms with Crippen LogP contribution in [-0.4, -0.2) is 31.6 Å². The monoisotopic (exact) mass is 297 g/mol. The highest BCUT2D eigenvalue weighted by Crippen LogP contribution is 2.27. The minimum atomic E-state index is 0.0629. The van der Waals surface area contributed by atoms with Gasteiger partial charge in [0.05, 0.1) is 0 Å². The van der Waals surface area contributed by atoms with E-state index in [-0.39, 0.29) is 6.10 Å². The summed E-state index contributed by atoms with van der Waals surface area (Å²) in [4.78, 5) is 4.46. The molecule has 7 heteroatoms. The normalized spacial score (nSPS) is 20.0. The van der Waals surface area contributed by atoms with Crippen molar-refractivity contribution in [3.63, 3.8) is 0 Å². The fourth-order valence-electron chi connectivity index (χ4n) is 1.97. The molecule has 0 amide bonds. The van der Waals surface area contributed by atoms with Gasteiger partial charge in [-0.3, -0.25) is 9.78 Å². The average Bonchev–Trinajstić information content (AvgIpc) is 2.97. The quantitative estimate of drug-likeness (QED) is 0.918. The second kappa shape index (κ2) is 4.23. The zero-order chi connectivity index (χ0) is 11.8. The Balaban J connectivity index is 1.91. The van der Waals surface area contributed by atoms with E-state index in [4.69, 9.17) is 4.74 Å². The summed E-state index contributed by atoms with van der Waals surface area (Å²) in [5.74, 6) is 1.45. The molecule has 0 radical (unpaired) electrons. The van der Waals surface area contributed by atoms with Crippen molar-refractivity contribution in [3.8, 4) is 11.5 Å². The molecule has 90 valence electrons. The lowest BCUT2D eigenvalue weighted by Gasteiger charge is -2.02. The lowest BCUT2D eigenvalue weighted by molar-refractivity contribution is 0.105. The lowest BCUT2D eigenvalue weighted by atomic mass is 10.2. The number of hydrogen-bond donors (Lipinski definition) is 1. The van der Waals surface area contributed by atoms with Crippen molar-refractivity contribution in [3.05, 3.63) is 16.5 Å². The van der Waals surface area contributed by atoms with Crippen LogP contribution in [0.5, 0.6) is 0 Å². The second-order valence-electron chi connectivity index (χ2n) is 4.02. The Labute approximate surface area is 107 Å². The van der Waals surface area contributed by atoms with E-state index in [2.05, 4.69) is 36.2 Å². The van der Waals surface area contributed by atoms with E-state index in [0.717, 1.165) is 35.6 Å². The van der Waals surface area contributed by atoms with E-state index in [1.54, 1.807) is 4.68 Å². The Hall–Kier alpha value is -1.21. The Bertz CT molecular complexity index is 529. The first-order valence-corrected chi connectivity index (χ1v) is 6.27. The topological polar surface area (TPSA) is 68.6 Å². The number of nitrogens with zero attached hydrogens (tertiary/aromatic N) is 4. The van der Waals surface area contributed by atoms with Gasteiger partial charge in [0.2, 0.25) is 0 Å². The molecule has 0 aromatic carbocycles. The van der Waals surface area contributed by atoms with Gasteiger partial charge in [0.15, 0.2) is 11.6 Å². The van der Waals surface area contributed by atoms with Crippen LogP contribution in [0.2, 0.25) is 0 Å². The molecule has 3 rings (SSSR count). The fourth-order valence-corrected chi connectivity index (χ4v) is 2.42. The summed E-state index contributed by atoms with van der Waals surface area (Å²) in [7, 11) is 1.86. The molecule has 1 aliphatic rings. The molecule has 0 unspecified atom stereocenters. The first kappa shape index (κ1) is 10.9. The predicted molar refractivity (Wildman–Crippen MR) is 64.2 cm³/mol. The zero-order valence-corrected chi connectivity index (χ0v) is 10.9. The number of aryl methyl sites for hydroxylation is 1. The molecular formula is C10H12BrN5O. The number of aromatic amines is 1. The summed E-state index contributed by atoms with van der Waals surface area (Å²) in [5, 5.41) is 11.3. The highest BCUT2D eigenvalue weighted by Gasteiger charge is 2.22. The third-order valence-electron chi connectivity index (χ3n) is 2.82. The van der Waals surface area contributed by atoms with E-state index < -0.39 is 0 Å². The molecule has 0 bridgehead atoms. The van der Waals surface area contributed by atoms with E-state index >= 15 is 0 Å². The summed E-state index contributed by atoms with van der Waals surface area (Å²) < 4.78 is 8.08. The van der Waals surface area contributed by atoms with Crippen molar-refractivity contribution in [1.29, 1.82) is 0 Å². The minimum Gasteiger partial charge on any atom is -0.370 e. The number of aromatic nitrogens is 5. The molecule has 1 saturated heterocycles. The molecule has 0 saturated carbocycles. The molecule has 0 aliphatic carbocycles. The van der Waals surface area contributed by atoms with Gasteiger partial charge in [0.25, 0.3) is 0 Å². The van der Waals surface area contributed by atoms with Gasteiger partial charge in [0, 0.05) is 19.7 Å². The van der Waals surface area contributed by atoms with Crippen molar-refractivity contribution >= 4 is 15.9 Å².